The summed E-state index contributed by atoms with van der Waals surface area (Å²) in [5, 5.41) is 12.8. The van der Waals surface area contributed by atoms with Crippen LogP contribution in [0.3, 0.4) is 0 Å². The Labute approximate surface area is 95.7 Å². The summed E-state index contributed by atoms with van der Waals surface area (Å²) in [5.41, 5.74) is 0. The number of hydrogen-bond acceptors (Lipinski definition) is 5. The molecule has 1 aliphatic rings. The Bertz CT molecular complexity index is 156. The van der Waals surface area contributed by atoms with Gasteiger partial charge < -0.3 is 19.9 Å². The van der Waals surface area contributed by atoms with Crippen molar-refractivity contribution in [2.24, 2.45) is 5.92 Å². The van der Waals surface area contributed by atoms with Gasteiger partial charge in [-0.15, -0.1) is 0 Å². The second-order valence-corrected chi connectivity index (χ2v) is 4.86. The molecule has 0 aromatic heterocycles. The summed E-state index contributed by atoms with van der Waals surface area (Å²) in [6.07, 6.45) is -0.347. The van der Waals surface area contributed by atoms with Crippen LogP contribution in [0.25, 0.3) is 0 Å². The van der Waals surface area contributed by atoms with Crippen LogP contribution in [0, 0.1) is 5.92 Å². The number of thioether (sulfide) groups is 1. The van der Waals surface area contributed by atoms with Gasteiger partial charge in [0.25, 0.3) is 0 Å². The largest absolute Gasteiger partial charge is 0.390 e. The molecule has 0 aromatic rings. The normalized spacial score (nSPS) is 18.8. The van der Waals surface area contributed by atoms with Gasteiger partial charge in [0, 0.05) is 12.9 Å². The Morgan fingerprint density at radius 1 is 1.47 bits per heavy atom. The predicted octanol–water partition coefficient (Wildman–Crippen LogP) is -0.0371. The molecule has 0 aromatic carbocycles. The predicted molar refractivity (Wildman–Crippen MR) is 62.4 cm³/mol. The molecule has 1 atom stereocenters. The molecule has 15 heavy (non-hydrogen) atoms. The third-order valence-electron chi connectivity index (χ3n) is 2.27. The average molecular weight is 235 g/mol. The van der Waals surface area contributed by atoms with Gasteiger partial charge in [-0.25, -0.2) is 0 Å². The molecule has 90 valence electrons. The Kier molecular flexibility index (Phi) is 7.38. The number of hydrogen-bond donors (Lipinski definition) is 2. The van der Waals surface area contributed by atoms with E-state index in [-0.39, 0.29) is 6.10 Å². The van der Waals surface area contributed by atoms with E-state index in [1.54, 1.807) is 7.11 Å². The minimum atomic E-state index is -0.347. The average Bonchev–Trinajstić information content (AvgIpc) is 2.17. The SMILES string of the molecule is COCCOCC(O)CSCC1CNC1. The van der Waals surface area contributed by atoms with E-state index in [2.05, 4.69) is 5.32 Å². The Morgan fingerprint density at radius 3 is 2.87 bits per heavy atom. The first kappa shape index (κ1) is 13.3. The van der Waals surface area contributed by atoms with Crippen LogP contribution >= 0.6 is 11.8 Å². The van der Waals surface area contributed by atoms with Crippen molar-refractivity contribution < 1.29 is 14.6 Å². The maximum absolute atomic E-state index is 9.55. The van der Waals surface area contributed by atoms with Gasteiger partial charge in [0.15, 0.2) is 0 Å². The summed E-state index contributed by atoms with van der Waals surface area (Å²) in [5.74, 6) is 2.71. The van der Waals surface area contributed by atoms with E-state index in [0.717, 1.165) is 30.5 Å². The van der Waals surface area contributed by atoms with Crippen LogP contribution in [0.1, 0.15) is 0 Å². The second-order valence-electron chi connectivity index (χ2n) is 3.78. The van der Waals surface area contributed by atoms with E-state index < -0.39 is 0 Å². The summed E-state index contributed by atoms with van der Waals surface area (Å²) >= 11 is 1.81. The van der Waals surface area contributed by atoms with Crippen molar-refractivity contribution in [1.29, 1.82) is 0 Å². The molecule has 0 amide bonds. The lowest BCUT2D eigenvalue weighted by molar-refractivity contribution is 0.0218. The number of rotatable bonds is 9. The highest BCUT2D eigenvalue weighted by Gasteiger charge is 2.16. The van der Waals surface area contributed by atoms with Gasteiger partial charge in [0.1, 0.15) is 0 Å². The minimum absolute atomic E-state index is 0.347. The van der Waals surface area contributed by atoms with E-state index in [1.165, 1.54) is 0 Å². The van der Waals surface area contributed by atoms with Gasteiger partial charge in [0.05, 0.1) is 25.9 Å². The van der Waals surface area contributed by atoms with Crippen LogP contribution in [0.4, 0.5) is 0 Å². The molecule has 5 heteroatoms. The number of nitrogens with one attached hydrogen (secondary N) is 1. The zero-order valence-electron chi connectivity index (χ0n) is 9.28. The lowest BCUT2D eigenvalue weighted by Gasteiger charge is -2.26. The van der Waals surface area contributed by atoms with E-state index in [9.17, 15) is 5.11 Å². The van der Waals surface area contributed by atoms with Crippen LogP contribution in [0.5, 0.6) is 0 Å². The van der Waals surface area contributed by atoms with Gasteiger partial charge in [-0.05, 0) is 24.8 Å². The Morgan fingerprint density at radius 2 is 2.27 bits per heavy atom. The molecule has 1 fully saturated rings. The van der Waals surface area contributed by atoms with Gasteiger partial charge >= 0.3 is 0 Å². The van der Waals surface area contributed by atoms with Crippen LogP contribution in [0.15, 0.2) is 0 Å². The van der Waals surface area contributed by atoms with Crippen molar-refractivity contribution in [2.75, 3.05) is 51.5 Å². The van der Waals surface area contributed by atoms with E-state index in [0.29, 0.717) is 19.8 Å². The Balaban J connectivity index is 1.82. The van der Waals surface area contributed by atoms with Gasteiger partial charge in [-0.3, -0.25) is 0 Å². The highest BCUT2D eigenvalue weighted by molar-refractivity contribution is 7.99. The van der Waals surface area contributed by atoms with Crippen molar-refractivity contribution in [3.63, 3.8) is 0 Å². The first-order chi connectivity index (χ1) is 7.33. The lowest BCUT2D eigenvalue weighted by atomic mass is 10.1. The molecule has 1 aliphatic heterocycles. The van der Waals surface area contributed by atoms with Crippen molar-refractivity contribution in [3.8, 4) is 0 Å². The van der Waals surface area contributed by atoms with Crippen molar-refractivity contribution in [2.45, 2.75) is 6.10 Å². The fourth-order valence-electron chi connectivity index (χ4n) is 1.25. The number of methoxy groups -OCH3 is 1. The fourth-order valence-corrected chi connectivity index (χ4v) is 2.32. The molecule has 2 N–H and O–H groups in total. The first-order valence-corrected chi connectivity index (χ1v) is 6.51. The van der Waals surface area contributed by atoms with Gasteiger partial charge in [-0.1, -0.05) is 0 Å². The molecule has 1 unspecified atom stereocenters. The molecule has 0 bridgehead atoms. The smallest absolute Gasteiger partial charge is 0.0863 e. The number of aliphatic hydroxyl groups excluding tert-OH is 1. The molecule has 1 saturated heterocycles. The zero-order chi connectivity index (χ0) is 10.9. The molecule has 0 radical (unpaired) electrons. The molecule has 0 aliphatic carbocycles. The molecule has 1 rings (SSSR count). The summed E-state index contributed by atoms with van der Waals surface area (Å²) in [6.45, 7) is 3.83. The van der Waals surface area contributed by atoms with Gasteiger partial charge in [-0.2, -0.15) is 11.8 Å². The third kappa shape index (κ3) is 6.37. The number of aliphatic hydroxyl groups is 1. The zero-order valence-corrected chi connectivity index (χ0v) is 10.1. The molecular formula is C10H21NO3S. The van der Waals surface area contributed by atoms with Crippen molar-refractivity contribution in [3.05, 3.63) is 0 Å². The highest BCUT2D eigenvalue weighted by atomic mass is 32.2. The van der Waals surface area contributed by atoms with Gasteiger partial charge in [0.2, 0.25) is 0 Å². The van der Waals surface area contributed by atoms with E-state index >= 15 is 0 Å². The third-order valence-corrected chi connectivity index (χ3v) is 3.60. The summed E-state index contributed by atoms with van der Waals surface area (Å²) in [6, 6.07) is 0. The van der Waals surface area contributed by atoms with Crippen LogP contribution in [-0.2, 0) is 9.47 Å². The Hall–Kier alpha value is 0.190. The van der Waals surface area contributed by atoms with Crippen molar-refractivity contribution in [1.82, 2.24) is 5.32 Å². The summed E-state index contributed by atoms with van der Waals surface area (Å²) in [7, 11) is 1.64. The molecule has 4 nitrogen and oxygen atoms in total. The fraction of sp³-hybridized carbons (Fsp3) is 1.00. The molecular weight excluding hydrogens is 214 g/mol. The number of ether oxygens (including phenoxy) is 2. The first-order valence-electron chi connectivity index (χ1n) is 5.36. The van der Waals surface area contributed by atoms with Crippen molar-refractivity contribution >= 4 is 11.8 Å². The molecule has 1 heterocycles. The van der Waals surface area contributed by atoms with Crippen LogP contribution < -0.4 is 5.32 Å². The minimum Gasteiger partial charge on any atom is -0.390 e. The maximum atomic E-state index is 9.55. The van der Waals surface area contributed by atoms with Crippen LogP contribution in [-0.4, -0.2) is 62.7 Å². The standard InChI is InChI=1S/C10H21NO3S/c1-13-2-3-14-6-10(12)8-15-7-9-4-11-5-9/h9-12H,2-8H2,1H3. The topological polar surface area (TPSA) is 50.7 Å². The van der Waals surface area contributed by atoms with E-state index in [1.807, 2.05) is 11.8 Å². The summed E-state index contributed by atoms with van der Waals surface area (Å²) < 4.78 is 10.1. The van der Waals surface area contributed by atoms with Crippen LogP contribution in [0.2, 0.25) is 0 Å². The highest BCUT2D eigenvalue weighted by Crippen LogP contribution is 2.13. The lowest BCUT2D eigenvalue weighted by Crippen LogP contribution is -2.43. The van der Waals surface area contributed by atoms with E-state index in [4.69, 9.17) is 9.47 Å². The monoisotopic (exact) mass is 235 g/mol. The molecule has 0 saturated carbocycles. The maximum Gasteiger partial charge on any atom is 0.0863 e. The second kappa shape index (κ2) is 8.35. The summed E-state index contributed by atoms with van der Waals surface area (Å²) in [4.78, 5) is 0. The molecule has 0 spiro atoms. The quantitative estimate of drug-likeness (QED) is 0.549.